The Balaban J connectivity index is 0.929. The zero-order valence-corrected chi connectivity index (χ0v) is 48.5. The summed E-state index contributed by atoms with van der Waals surface area (Å²) in [6.45, 7) is 7.83. The third-order valence-corrected chi connectivity index (χ3v) is 17.8. The number of nitrogens with zero attached hydrogens (tertiary/aromatic N) is 1. The number of fused-ring (bicyclic) bond motifs is 6. The second kappa shape index (κ2) is 22.5. The van der Waals surface area contributed by atoms with Gasteiger partial charge in [0.1, 0.15) is 34.6 Å². The summed E-state index contributed by atoms with van der Waals surface area (Å²) in [5.41, 5.74) is 19.9. The van der Waals surface area contributed by atoms with Gasteiger partial charge in [-0.2, -0.15) is 0 Å². The monoisotopic (exact) mass is 1150 g/mol. The quantitative estimate of drug-likeness (QED) is 0.102. The maximum Gasteiger partial charge on any atom is 0.127 e. The molecule has 424 valence electrons. The van der Waals surface area contributed by atoms with E-state index in [-0.39, 0.29) is 11.6 Å². The van der Waals surface area contributed by atoms with Crippen LogP contribution >= 0.6 is 0 Å². The fourth-order valence-corrected chi connectivity index (χ4v) is 13.7. The van der Waals surface area contributed by atoms with Crippen LogP contribution in [-0.4, -0.2) is 0 Å². The van der Waals surface area contributed by atoms with Crippen molar-refractivity contribution < 1.29 is 18.3 Å². The van der Waals surface area contributed by atoms with Gasteiger partial charge < -0.3 is 14.4 Å². The van der Waals surface area contributed by atoms with Crippen LogP contribution in [0.2, 0.25) is 0 Å². The third kappa shape index (κ3) is 9.43. The molecule has 13 aromatic carbocycles. The second-order valence-corrected chi connectivity index (χ2v) is 22.7. The SMILES string of the molecule is C=Cc1ccc(Oc2ccc(C3(c4ccc(F)cc4)c4ccccc4-c4ccc(N(c5ccc(-c6cccc(-c7ccccc7)c6)cc5)c5ccc6c(c5)C(c5ccc(F)cc5)(c5ccc(Oc7ccc(C=C)cc7)cc5)c5ccccc5-6)cc43)cc2)cc1. The summed E-state index contributed by atoms with van der Waals surface area (Å²) < 4.78 is 43.5. The lowest BCUT2D eigenvalue weighted by Gasteiger charge is -2.36. The highest BCUT2D eigenvalue weighted by Crippen LogP contribution is 2.60. The van der Waals surface area contributed by atoms with E-state index < -0.39 is 10.8 Å². The Morgan fingerprint density at radius 1 is 0.281 bits per heavy atom. The van der Waals surface area contributed by atoms with Crippen LogP contribution in [0, 0.1) is 11.6 Å². The molecule has 0 saturated heterocycles. The lowest BCUT2D eigenvalue weighted by atomic mass is 9.67. The van der Waals surface area contributed by atoms with Gasteiger partial charge in [0, 0.05) is 17.1 Å². The molecule has 13 aromatic rings. The van der Waals surface area contributed by atoms with Gasteiger partial charge in [-0.1, -0.05) is 219 Å². The number of hydrogen-bond acceptors (Lipinski definition) is 3. The molecule has 0 radical (unpaired) electrons. The molecule has 89 heavy (non-hydrogen) atoms. The van der Waals surface area contributed by atoms with Gasteiger partial charge in [-0.05, 0) is 215 Å². The molecule has 2 aliphatic carbocycles. The molecule has 0 aliphatic heterocycles. The number of halogens is 2. The maximum absolute atomic E-state index is 15.3. The Hall–Kier alpha value is -11.4. The van der Waals surface area contributed by atoms with Gasteiger partial charge in [0.2, 0.25) is 0 Å². The minimum absolute atomic E-state index is 0.314. The van der Waals surface area contributed by atoms with Crippen molar-refractivity contribution in [3.8, 4) is 67.5 Å². The molecule has 0 saturated carbocycles. The minimum Gasteiger partial charge on any atom is -0.457 e. The molecule has 5 heteroatoms. The summed E-state index contributed by atoms with van der Waals surface area (Å²) in [5.74, 6) is 2.17. The highest BCUT2D eigenvalue weighted by Gasteiger charge is 2.48. The first-order valence-electron chi connectivity index (χ1n) is 29.9. The molecule has 2 atom stereocenters. The smallest absolute Gasteiger partial charge is 0.127 e. The first-order chi connectivity index (χ1) is 43.8. The number of ether oxygens (including phenoxy) is 2. The highest BCUT2D eigenvalue weighted by molar-refractivity contribution is 5.93. The van der Waals surface area contributed by atoms with Crippen molar-refractivity contribution in [2.45, 2.75) is 10.8 Å². The van der Waals surface area contributed by atoms with Crippen LogP contribution in [0.3, 0.4) is 0 Å². The number of anilines is 3. The minimum atomic E-state index is -0.901. The van der Waals surface area contributed by atoms with Crippen LogP contribution < -0.4 is 14.4 Å². The summed E-state index contributed by atoms with van der Waals surface area (Å²) in [6, 6.07) is 105. The fraction of sp³-hybridized carbons (Fsp3) is 0.0238. The molecular formula is C84H57F2NO2. The number of rotatable bonds is 15. The molecule has 2 aliphatic rings. The van der Waals surface area contributed by atoms with E-state index in [4.69, 9.17) is 9.47 Å². The zero-order chi connectivity index (χ0) is 60.1. The summed E-state index contributed by atoms with van der Waals surface area (Å²) in [4.78, 5) is 2.35. The van der Waals surface area contributed by atoms with Crippen molar-refractivity contribution in [1.82, 2.24) is 0 Å². The summed E-state index contributed by atoms with van der Waals surface area (Å²) in [7, 11) is 0. The van der Waals surface area contributed by atoms with Gasteiger partial charge in [-0.15, -0.1) is 0 Å². The molecule has 2 unspecified atom stereocenters. The topological polar surface area (TPSA) is 21.7 Å². The lowest BCUT2D eigenvalue weighted by molar-refractivity contribution is 0.482. The van der Waals surface area contributed by atoms with Crippen LogP contribution in [0.1, 0.15) is 55.6 Å². The maximum atomic E-state index is 15.3. The molecule has 0 aromatic heterocycles. The molecule has 0 amide bonds. The van der Waals surface area contributed by atoms with Gasteiger partial charge in [0.25, 0.3) is 0 Å². The number of hydrogen-bond donors (Lipinski definition) is 0. The largest absolute Gasteiger partial charge is 0.457 e. The van der Waals surface area contributed by atoms with Gasteiger partial charge >= 0.3 is 0 Å². The molecule has 0 bridgehead atoms. The van der Waals surface area contributed by atoms with Crippen LogP contribution in [0.15, 0.2) is 323 Å². The van der Waals surface area contributed by atoms with E-state index in [0.29, 0.717) is 23.0 Å². The van der Waals surface area contributed by atoms with Gasteiger partial charge in [0.15, 0.2) is 0 Å². The fourth-order valence-electron chi connectivity index (χ4n) is 13.7. The third-order valence-electron chi connectivity index (χ3n) is 17.8. The Kier molecular flexibility index (Phi) is 13.7. The lowest BCUT2D eigenvalue weighted by Crippen LogP contribution is -2.29. The van der Waals surface area contributed by atoms with Crippen LogP contribution in [-0.2, 0) is 10.8 Å². The van der Waals surface area contributed by atoms with Crippen molar-refractivity contribution in [1.29, 1.82) is 0 Å². The van der Waals surface area contributed by atoms with E-state index in [9.17, 15) is 0 Å². The van der Waals surface area contributed by atoms with Crippen LogP contribution in [0.25, 0.3) is 56.7 Å². The van der Waals surface area contributed by atoms with Crippen LogP contribution in [0.5, 0.6) is 23.0 Å². The van der Waals surface area contributed by atoms with Crippen LogP contribution in [0.4, 0.5) is 25.8 Å². The van der Waals surface area contributed by atoms with E-state index in [0.717, 1.165) is 117 Å². The Morgan fingerprint density at radius 3 is 1.03 bits per heavy atom. The predicted octanol–water partition coefficient (Wildman–Crippen LogP) is 22.4. The molecular weight excluding hydrogens is 1090 g/mol. The molecule has 0 spiro atoms. The normalized spacial score (nSPS) is 15.0. The van der Waals surface area contributed by atoms with Crippen molar-refractivity contribution in [3.63, 3.8) is 0 Å². The number of benzene rings is 13. The van der Waals surface area contributed by atoms with Crippen molar-refractivity contribution >= 4 is 29.2 Å². The predicted molar refractivity (Wildman–Crippen MR) is 360 cm³/mol. The summed E-state index contributed by atoms with van der Waals surface area (Å²) in [6.07, 6.45) is 3.63. The van der Waals surface area contributed by atoms with Gasteiger partial charge in [-0.25, -0.2) is 8.78 Å². The Bertz CT molecular complexity index is 4550. The van der Waals surface area contributed by atoms with Gasteiger partial charge in [-0.3, -0.25) is 0 Å². The standard InChI is InChI=1S/C84H57F2NO2/c1-3-56-21-43-71(44-22-56)88-73-47-31-64(32-48-73)83(62-27-35-66(85)36-28-62)79-19-10-8-17-75(79)77-51-41-69(54-81(77)83)87(68-39-25-59(26-40-68)61-16-12-15-60(53-61)58-13-6-5-7-14-58)70-42-52-78-76-18-9-11-20-80(76)84(82(78)55-70,63-29-37-67(86)38-30-63)65-33-49-74(50-34-65)89-72-45-23-57(4-2)24-46-72/h3-55H,1-2H2. The Labute approximate surface area is 517 Å². The average Bonchev–Trinajstić information content (AvgIpc) is 1.57. The average molecular weight is 1150 g/mol. The van der Waals surface area contributed by atoms with E-state index in [1.807, 2.05) is 115 Å². The first kappa shape index (κ1) is 54.3. The van der Waals surface area contributed by atoms with Gasteiger partial charge in [0.05, 0.1) is 10.8 Å². The second-order valence-electron chi connectivity index (χ2n) is 22.7. The van der Waals surface area contributed by atoms with Crippen molar-refractivity contribution in [2.75, 3.05) is 4.90 Å². The van der Waals surface area contributed by atoms with E-state index >= 15 is 8.78 Å². The first-order valence-corrected chi connectivity index (χ1v) is 29.9. The highest BCUT2D eigenvalue weighted by atomic mass is 19.1. The Morgan fingerprint density at radius 2 is 0.618 bits per heavy atom. The molecule has 3 nitrogen and oxygen atoms in total. The van der Waals surface area contributed by atoms with Crippen molar-refractivity contribution in [2.24, 2.45) is 0 Å². The van der Waals surface area contributed by atoms with E-state index in [1.165, 1.54) is 0 Å². The zero-order valence-electron chi connectivity index (χ0n) is 48.5. The molecule has 15 rings (SSSR count). The molecule has 0 heterocycles. The summed E-state index contributed by atoms with van der Waals surface area (Å²) in [5, 5.41) is 0. The molecule has 0 N–H and O–H groups in total. The van der Waals surface area contributed by atoms with E-state index in [1.54, 1.807) is 24.3 Å². The summed E-state index contributed by atoms with van der Waals surface area (Å²) >= 11 is 0. The molecule has 0 fully saturated rings. The van der Waals surface area contributed by atoms with E-state index in [2.05, 4.69) is 200 Å². The van der Waals surface area contributed by atoms with Crippen molar-refractivity contribution in [3.05, 3.63) is 390 Å².